The van der Waals surface area contributed by atoms with E-state index in [1.165, 1.54) is 42.6 Å². The number of H-pyrrole nitrogens is 1. The van der Waals surface area contributed by atoms with Crippen molar-refractivity contribution in [3.8, 4) is 0 Å². The van der Waals surface area contributed by atoms with Gasteiger partial charge in [0.25, 0.3) is 0 Å². The Morgan fingerprint density at radius 1 is 1.30 bits per heavy atom. The Kier molecular flexibility index (Phi) is 3.15. The van der Waals surface area contributed by atoms with Crippen LogP contribution in [-0.2, 0) is 19.4 Å². The van der Waals surface area contributed by atoms with Crippen molar-refractivity contribution in [1.82, 2.24) is 24.9 Å². The molecule has 3 heterocycles. The number of halogens is 1. The molecule has 0 unspecified atom stereocenters. The van der Waals surface area contributed by atoms with Crippen molar-refractivity contribution >= 4 is 15.9 Å². The quantitative estimate of drug-likeness (QED) is 0.936. The van der Waals surface area contributed by atoms with Gasteiger partial charge < -0.3 is 0 Å². The molecule has 1 aliphatic heterocycles. The molecular formula is C14H18BrN5. The highest BCUT2D eigenvalue weighted by Gasteiger charge is 2.30. The minimum absolute atomic E-state index is 0.510. The van der Waals surface area contributed by atoms with Gasteiger partial charge in [0, 0.05) is 31.5 Å². The summed E-state index contributed by atoms with van der Waals surface area (Å²) in [5.74, 6) is 0. The number of hydrogen-bond acceptors (Lipinski definition) is 3. The van der Waals surface area contributed by atoms with Crippen LogP contribution in [0.1, 0.15) is 35.8 Å². The van der Waals surface area contributed by atoms with E-state index in [0.717, 1.165) is 24.1 Å². The van der Waals surface area contributed by atoms with E-state index in [1.54, 1.807) is 0 Å². The van der Waals surface area contributed by atoms with Gasteiger partial charge in [-0.15, -0.1) is 0 Å². The van der Waals surface area contributed by atoms with E-state index in [-0.39, 0.29) is 0 Å². The third kappa shape index (κ3) is 2.20. The lowest BCUT2D eigenvalue weighted by Gasteiger charge is -2.38. The Labute approximate surface area is 126 Å². The Balaban J connectivity index is 1.39. The van der Waals surface area contributed by atoms with Crippen LogP contribution in [0.4, 0.5) is 0 Å². The maximum Gasteiger partial charge on any atom is 0.0797 e. The minimum atomic E-state index is 0.510. The van der Waals surface area contributed by atoms with Gasteiger partial charge in [0.15, 0.2) is 0 Å². The van der Waals surface area contributed by atoms with Gasteiger partial charge in [0.1, 0.15) is 0 Å². The van der Waals surface area contributed by atoms with E-state index in [9.17, 15) is 0 Å². The molecule has 5 nitrogen and oxygen atoms in total. The summed E-state index contributed by atoms with van der Waals surface area (Å²) in [5.41, 5.74) is 4.13. The predicted octanol–water partition coefficient (Wildman–Crippen LogP) is 2.30. The average molecular weight is 336 g/mol. The van der Waals surface area contributed by atoms with Crippen molar-refractivity contribution in [3.63, 3.8) is 0 Å². The molecule has 2 aliphatic rings. The fourth-order valence-corrected chi connectivity index (χ4v) is 3.55. The predicted molar refractivity (Wildman–Crippen MR) is 79.5 cm³/mol. The maximum atomic E-state index is 4.52. The summed E-state index contributed by atoms with van der Waals surface area (Å²) in [6, 6.07) is 0.510. The molecule has 2 aromatic heterocycles. The van der Waals surface area contributed by atoms with Gasteiger partial charge in [0.2, 0.25) is 0 Å². The number of aryl methyl sites for hydroxylation is 1. The first-order chi connectivity index (χ1) is 9.79. The van der Waals surface area contributed by atoms with Crippen LogP contribution in [0.15, 0.2) is 16.9 Å². The number of fused-ring (bicyclic) bond motifs is 1. The molecule has 0 amide bonds. The molecule has 0 saturated carbocycles. The Bertz CT molecular complexity index is 611. The Hall–Kier alpha value is -1.14. The number of aromatic amines is 1. The number of hydrogen-bond donors (Lipinski definition) is 1. The third-order valence-corrected chi connectivity index (χ3v) is 4.81. The molecule has 1 N–H and O–H groups in total. The monoisotopic (exact) mass is 335 g/mol. The highest BCUT2D eigenvalue weighted by Crippen LogP contribution is 2.27. The van der Waals surface area contributed by atoms with Crippen LogP contribution >= 0.6 is 15.9 Å². The van der Waals surface area contributed by atoms with E-state index in [2.05, 4.69) is 47.0 Å². The molecule has 0 bridgehead atoms. The second kappa shape index (κ2) is 5.00. The average Bonchev–Trinajstić information content (AvgIpc) is 3.00. The van der Waals surface area contributed by atoms with E-state index < -0.39 is 0 Å². The van der Waals surface area contributed by atoms with E-state index in [0.29, 0.717) is 6.04 Å². The summed E-state index contributed by atoms with van der Waals surface area (Å²) in [6.45, 7) is 3.11. The lowest BCUT2D eigenvalue weighted by molar-refractivity contribution is 0.0892. The van der Waals surface area contributed by atoms with Gasteiger partial charge in [-0.1, -0.05) is 0 Å². The Morgan fingerprint density at radius 3 is 2.95 bits per heavy atom. The summed E-state index contributed by atoms with van der Waals surface area (Å²) < 4.78 is 3.11. The summed E-state index contributed by atoms with van der Waals surface area (Å²) in [5, 5.41) is 12.1. The molecule has 2 aromatic rings. The lowest BCUT2D eigenvalue weighted by Crippen LogP contribution is -2.47. The first-order valence-corrected chi connectivity index (χ1v) is 8.06. The number of nitrogens with zero attached hydrogens (tertiary/aromatic N) is 4. The largest absolute Gasteiger partial charge is 0.293 e. The van der Waals surface area contributed by atoms with Gasteiger partial charge in [0.05, 0.1) is 22.4 Å². The zero-order valence-corrected chi connectivity index (χ0v) is 12.9. The van der Waals surface area contributed by atoms with E-state index in [4.69, 9.17) is 0 Å². The van der Waals surface area contributed by atoms with Gasteiger partial charge >= 0.3 is 0 Å². The molecule has 0 atom stereocenters. The first kappa shape index (κ1) is 12.6. The molecule has 6 heteroatoms. The molecule has 1 saturated heterocycles. The van der Waals surface area contributed by atoms with Crippen molar-refractivity contribution < 1.29 is 0 Å². The third-order valence-electron chi connectivity index (χ3n) is 4.40. The van der Waals surface area contributed by atoms with Crippen LogP contribution in [-0.4, -0.2) is 38.0 Å². The summed E-state index contributed by atoms with van der Waals surface area (Å²) in [7, 11) is 0. The lowest BCUT2D eigenvalue weighted by atomic mass is 9.95. The number of rotatable bonds is 3. The van der Waals surface area contributed by atoms with E-state index >= 15 is 0 Å². The molecule has 0 radical (unpaired) electrons. The highest BCUT2D eigenvalue weighted by molar-refractivity contribution is 9.10. The summed E-state index contributed by atoms with van der Waals surface area (Å²) in [6.07, 6.45) is 8.89. The molecular weight excluding hydrogens is 318 g/mol. The summed E-state index contributed by atoms with van der Waals surface area (Å²) >= 11 is 3.45. The zero-order chi connectivity index (χ0) is 13.5. The van der Waals surface area contributed by atoms with Crippen LogP contribution in [0.5, 0.6) is 0 Å². The fraction of sp³-hybridized carbons (Fsp3) is 0.571. The molecule has 0 spiro atoms. The van der Waals surface area contributed by atoms with Crippen LogP contribution in [0, 0.1) is 0 Å². The molecule has 106 valence electrons. The van der Waals surface area contributed by atoms with Gasteiger partial charge in [-0.05, 0) is 47.2 Å². The highest BCUT2D eigenvalue weighted by atomic mass is 79.9. The van der Waals surface area contributed by atoms with Gasteiger partial charge in [-0.2, -0.15) is 10.2 Å². The van der Waals surface area contributed by atoms with Gasteiger partial charge in [-0.25, -0.2) is 0 Å². The molecule has 0 aromatic carbocycles. The van der Waals surface area contributed by atoms with Crippen molar-refractivity contribution in [2.24, 2.45) is 0 Å². The van der Waals surface area contributed by atoms with E-state index in [1.807, 2.05) is 6.20 Å². The minimum Gasteiger partial charge on any atom is -0.293 e. The Morgan fingerprint density at radius 2 is 2.15 bits per heavy atom. The maximum absolute atomic E-state index is 4.52. The fourth-order valence-electron chi connectivity index (χ4n) is 3.25. The van der Waals surface area contributed by atoms with Crippen LogP contribution in [0.3, 0.4) is 0 Å². The van der Waals surface area contributed by atoms with Crippen molar-refractivity contribution in [2.45, 2.75) is 38.3 Å². The molecule has 20 heavy (non-hydrogen) atoms. The number of aromatic nitrogens is 4. The first-order valence-electron chi connectivity index (χ1n) is 7.26. The van der Waals surface area contributed by atoms with Crippen LogP contribution in [0.25, 0.3) is 0 Å². The molecule has 1 aliphatic carbocycles. The molecule has 4 rings (SSSR count). The second-order valence-electron chi connectivity index (χ2n) is 5.82. The van der Waals surface area contributed by atoms with Crippen molar-refractivity contribution in [1.29, 1.82) is 0 Å². The van der Waals surface area contributed by atoms with Crippen LogP contribution in [0.2, 0.25) is 0 Å². The van der Waals surface area contributed by atoms with Gasteiger partial charge in [-0.3, -0.25) is 14.7 Å². The second-order valence-corrected chi connectivity index (χ2v) is 6.74. The van der Waals surface area contributed by atoms with Crippen LogP contribution < -0.4 is 0 Å². The standard InChI is InChI=1S/C14H18BrN5/c15-10-5-16-20(6-10)11-7-19(8-11)9-14-12-3-1-2-4-13(12)17-18-14/h5-6,11H,1-4,7-9H2,(H,17,18). The summed E-state index contributed by atoms with van der Waals surface area (Å²) in [4.78, 5) is 2.45. The molecule has 1 fully saturated rings. The number of nitrogens with one attached hydrogen (secondary N) is 1. The SMILES string of the molecule is Brc1cnn(C2CN(Cc3n[nH]c4c3CCCC4)C2)c1. The van der Waals surface area contributed by atoms with Crippen molar-refractivity contribution in [3.05, 3.63) is 33.8 Å². The zero-order valence-electron chi connectivity index (χ0n) is 11.3. The number of likely N-dealkylation sites (tertiary alicyclic amines) is 1. The normalized spacial score (nSPS) is 19.9. The van der Waals surface area contributed by atoms with Crippen molar-refractivity contribution in [2.75, 3.05) is 13.1 Å². The smallest absolute Gasteiger partial charge is 0.0797 e. The topological polar surface area (TPSA) is 49.7 Å².